The van der Waals surface area contributed by atoms with Crippen molar-refractivity contribution in [2.75, 3.05) is 11.2 Å². The van der Waals surface area contributed by atoms with Crippen molar-refractivity contribution in [1.82, 2.24) is 4.98 Å². The Morgan fingerprint density at radius 2 is 2.32 bits per heavy atom. The van der Waals surface area contributed by atoms with Crippen molar-refractivity contribution in [3.8, 4) is 11.3 Å². The van der Waals surface area contributed by atoms with Crippen molar-refractivity contribution in [3.63, 3.8) is 0 Å². The molecule has 3 nitrogen and oxygen atoms in total. The van der Waals surface area contributed by atoms with Crippen LogP contribution in [0.5, 0.6) is 0 Å². The van der Waals surface area contributed by atoms with E-state index in [-0.39, 0.29) is 5.91 Å². The zero-order valence-electron chi connectivity index (χ0n) is 10.6. The molecule has 0 saturated heterocycles. The summed E-state index contributed by atoms with van der Waals surface area (Å²) < 4.78 is 0. The van der Waals surface area contributed by atoms with Crippen LogP contribution in [0.4, 0.5) is 5.69 Å². The first-order valence-electron chi connectivity index (χ1n) is 6.07. The van der Waals surface area contributed by atoms with E-state index in [1.54, 1.807) is 11.3 Å². The van der Waals surface area contributed by atoms with E-state index in [0.29, 0.717) is 18.7 Å². The summed E-state index contributed by atoms with van der Waals surface area (Å²) in [7, 11) is 0. The number of amides is 1. The highest BCUT2D eigenvalue weighted by molar-refractivity contribution is 7.09. The van der Waals surface area contributed by atoms with Gasteiger partial charge in [0, 0.05) is 28.9 Å². The number of hydrogen-bond donors (Lipinski definition) is 1. The highest BCUT2D eigenvalue weighted by Gasteiger charge is 2.05. The molecule has 19 heavy (non-hydrogen) atoms. The molecule has 0 unspecified atom stereocenters. The lowest BCUT2D eigenvalue weighted by atomic mass is 10.1. The van der Waals surface area contributed by atoms with Gasteiger partial charge < -0.3 is 5.32 Å². The van der Waals surface area contributed by atoms with Gasteiger partial charge in [0.2, 0.25) is 5.91 Å². The third kappa shape index (κ3) is 4.04. The predicted octanol–water partition coefficient (Wildman–Crippen LogP) is 4.08. The fourth-order valence-corrected chi connectivity index (χ4v) is 2.46. The molecule has 1 aromatic carbocycles. The SMILES string of the molecule is Cc1nc(-c2cccc(NC(=O)CCCCl)c2)cs1. The molecule has 0 atom stereocenters. The van der Waals surface area contributed by atoms with Crippen LogP contribution in [0.3, 0.4) is 0 Å². The van der Waals surface area contributed by atoms with Crippen LogP contribution in [-0.2, 0) is 4.79 Å². The first-order valence-corrected chi connectivity index (χ1v) is 7.49. The van der Waals surface area contributed by atoms with Crippen LogP contribution in [-0.4, -0.2) is 16.8 Å². The maximum absolute atomic E-state index is 11.6. The van der Waals surface area contributed by atoms with Crippen LogP contribution in [0.2, 0.25) is 0 Å². The van der Waals surface area contributed by atoms with Crippen LogP contribution < -0.4 is 5.32 Å². The Morgan fingerprint density at radius 1 is 1.47 bits per heavy atom. The number of benzene rings is 1. The summed E-state index contributed by atoms with van der Waals surface area (Å²) >= 11 is 7.19. The number of halogens is 1. The second-order valence-corrected chi connectivity index (χ2v) is 5.61. The fourth-order valence-electron chi connectivity index (χ4n) is 1.70. The van der Waals surface area contributed by atoms with Crippen LogP contribution in [0.1, 0.15) is 17.8 Å². The van der Waals surface area contributed by atoms with Crippen LogP contribution >= 0.6 is 22.9 Å². The standard InChI is InChI=1S/C14H15ClN2OS/c1-10-16-13(9-19-10)11-4-2-5-12(8-11)17-14(18)6-3-7-15/h2,4-5,8-9H,3,6-7H2,1H3,(H,17,18). The Balaban J connectivity index is 2.09. The number of hydrogen-bond acceptors (Lipinski definition) is 3. The van der Waals surface area contributed by atoms with Crippen molar-refractivity contribution < 1.29 is 4.79 Å². The topological polar surface area (TPSA) is 42.0 Å². The molecule has 0 aliphatic carbocycles. The number of thiazole rings is 1. The van der Waals surface area contributed by atoms with Gasteiger partial charge in [0.1, 0.15) is 0 Å². The smallest absolute Gasteiger partial charge is 0.224 e. The van der Waals surface area contributed by atoms with E-state index in [2.05, 4.69) is 10.3 Å². The number of aryl methyl sites for hydroxylation is 1. The van der Waals surface area contributed by atoms with E-state index < -0.39 is 0 Å². The Kier molecular flexibility index (Phi) is 4.93. The highest BCUT2D eigenvalue weighted by Crippen LogP contribution is 2.24. The molecule has 2 rings (SSSR count). The van der Waals surface area contributed by atoms with Gasteiger partial charge in [-0.05, 0) is 25.5 Å². The van der Waals surface area contributed by atoms with E-state index >= 15 is 0 Å². The largest absolute Gasteiger partial charge is 0.326 e. The van der Waals surface area contributed by atoms with Crippen molar-refractivity contribution in [1.29, 1.82) is 0 Å². The summed E-state index contributed by atoms with van der Waals surface area (Å²) in [5, 5.41) is 5.92. The predicted molar refractivity (Wildman–Crippen MR) is 80.9 cm³/mol. The van der Waals surface area contributed by atoms with Crippen molar-refractivity contribution in [2.45, 2.75) is 19.8 Å². The number of aromatic nitrogens is 1. The molecule has 100 valence electrons. The van der Waals surface area contributed by atoms with Crippen molar-refractivity contribution in [3.05, 3.63) is 34.7 Å². The number of nitrogens with one attached hydrogen (secondary N) is 1. The third-order valence-electron chi connectivity index (χ3n) is 2.60. The molecule has 1 aromatic heterocycles. The summed E-state index contributed by atoms with van der Waals surface area (Å²) in [6.07, 6.45) is 1.14. The van der Waals surface area contributed by atoms with Crippen LogP contribution in [0.25, 0.3) is 11.3 Å². The molecular formula is C14H15ClN2OS. The molecule has 1 amide bonds. The number of carbonyl (C=O) groups is 1. The minimum absolute atomic E-state index is 0.00717. The Hall–Kier alpha value is -1.39. The highest BCUT2D eigenvalue weighted by atomic mass is 35.5. The molecule has 0 saturated carbocycles. The molecule has 0 spiro atoms. The lowest BCUT2D eigenvalue weighted by molar-refractivity contribution is -0.116. The van der Waals surface area contributed by atoms with Gasteiger partial charge in [-0.1, -0.05) is 12.1 Å². The molecule has 5 heteroatoms. The zero-order valence-corrected chi connectivity index (χ0v) is 12.2. The van der Waals surface area contributed by atoms with Gasteiger partial charge in [-0.2, -0.15) is 0 Å². The van der Waals surface area contributed by atoms with Gasteiger partial charge in [0.05, 0.1) is 10.7 Å². The Bertz CT molecular complexity index is 568. The summed E-state index contributed by atoms with van der Waals surface area (Å²) in [4.78, 5) is 16.1. The van der Waals surface area contributed by atoms with E-state index in [0.717, 1.165) is 22.0 Å². The quantitative estimate of drug-likeness (QED) is 0.844. The molecule has 1 N–H and O–H groups in total. The van der Waals surface area contributed by atoms with Gasteiger partial charge in [-0.15, -0.1) is 22.9 Å². The van der Waals surface area contributed by atoms with Gasteiger partial charge >= 0.3 is 0 Å². The first-order chi connectivity index (χ1) is 9.19. The minimum Gasteiger partial charge on any atom is -0.326 e. The Labute approximate surface area is 121 Å². The zero-order chi connectivity index (χ0) is 13.7. The molecule has 0 radical (unpaired) electrons. The fraction of sp³-hybridized carbons (Fsp3) is 0.286. The first kappa shape index (κ1) is 14.0. The summed E-state index contributed by atoms with van der Waals surface area (Å²) in [5.74, 6) is 0.498. The van der Waals surface area contributed by atoms with Gasteiger partial charge in [-0.25, -0.2) is 4.98 Å². The van der Waals surface area contributed by atoms with E-state index in [4.69, 9.17) is 11.6 Å². The molecule has 2 aromatic rings. The lowest BCUT2D eigenvalue weighted by Gasteiger charge is -2.06. The molecule has 0 fully saturated rings. The molecule has 0 bridgehead atoms. The van der Waals surface area contributed by atoms with E-state index in [9.17, 15) is 4.79 Å². The molecule has 1 heterocycles. The van der Waals surface area contributed by atoms with Crippen LogP contribution in [0.15, 0.2) is 29.6 Å². The normalized spacial score (nSPS) is 10.4. The second kappa shape index (κ2) is 6.68. The van der Waals surface area contributed by atoms with Gasteiger partial charge in [0.25, 0.3) is 0 Å². The number of nitrogens with zero attached hydrogens (tertiary/aromatic N) is 1. The van der Waals surface area contributed by atoms with Crippen molar-refractivity contribution in [2.24, 2.45) is 0 Å². The second-order valence-electron chi connectivity index (χ2n) is 4.17. The minimum atomic E-state index is -0.00717. The monoisotopic (exact) mass is 294 g/mol. The van der Waals surface area contributed by atoms with E-state index in [1.807, 2.05) is 36.6 Å². The van der Waals surface area contributed by atoms with Gasteiger partial charge in [-0.3, -0.25) is 4.79 Å². The summed E-state index contributed by atoms with van der Waals surface area (Å²) in [6.45, 7) is 1.98. The Morgan fingerprint density at radius 3 is 3.00 bits per heavy atom. The maximum atomic E-state index is 11.6. The summed E-state index contributed by atoms with van der Waals surface area (Å²) in [6, 6.07) is 7.72. The lowest BCUT2D eigenvalue weighted by Crippen LogP contribution is -2.11. The molecule has 0 aliphatic heterocycles. The number of alkyl halides is 1. The van der Waals surface area contributed by atoms with Crippen molar-refractivity contribution >= 4 is 34.5 Å². The summed E-state index contributed by atoms with van der Waals surface area (Å²) in [5.41, 5.74) is 2.75. The molecule has 0 aliphatic rings. The average Bonchev–Trinajstić information content (AvgIpc) is 2.83. The van der Waals surface area contributed by atoms with Crippen LogP contribution in [0, 0.1) is 6.92 Å². The number of rotatable bonds is 5. The van der Waals surface area contributed by atoms with E-state index in [1.165, 1.54) is 0 Å². The third-order valence-corrected chi connectivity index (χ3v) is 3.64. The number of anilines is 1. The molecular weight excluding hydrogens is 280 g/mol. The van der Waals surface area contributed by atoms with Gasteiger partial charge in [0.15, 0.2) is 0 Å². The average molecular weight is 295 g/mol. The number of carbonyl (C=O) groups excluding carboxylic acids is 1. The maximum Gasteiger partial charge on any atom is 0.224 e.